The molecule has 2 aromatic carbocycles. The van der Waals surface area contributed by atoms with Gasteiger partial charge in [-0.15, -0.1) is 0 Å². The molecule has 4 heteroatoms. The fourth-order valence-electron chi connectivity index (χ4n) is 1.63. The second-order valence-electron chi connectivity index (χ2n) is 3.71. The predicted molar refractivity (Wildman–Crippen MR) is 78.1 cm³/mol. The molecule has 0 unspecified atom stereocenters. The van der Waals surface area contributed by atoms with E-state index in [9.17, 15) is 9.59 Å². The maximum atomic E-state index is 10.9. The molecule has 18 heavy (non-hydrogen) atoms. The topological polar surface area (TPSA) is 34.1 Å². The summed E-state index contributed by atoms with van der Waals surface area (Å²) >= 11 is 6.62. The summed E-state index contributed by atoms with van der Waals surface area (Å²) in [7, 11) is 0. The van der Waals surface area contributed by atoms with Gasteiger partial charge < -0.3 is 0 Å². The van der Waals surface area contributed by atoms with E-state index in [-0.39, 0.29) is 0 Å². The van der Waals surface area contributed by atoms with Crippen molar-refractivity contribution in [3.8, 4) is 11.1 Å². The Morgan fingerprint density at radius 2 is 1.11 bits per heavy atom. The third-order valence-electron chi connectivity index (χ3n) is 2.58. The molecule has 0 fully saturated rings. The molecule has 2 nitrogen and oxygen atoms in total. The van der Waals surface area contributed by atoms with E-state index in [4.69, 9.17) is 0 Å². The van der Waals surface area contributed by atoms with Crippen LogP contribution in [0.3, 0.4) is 0 Å². The molecule has 0 aromatic heterocycles. The molecule has 0 spiro atoms. The van der Waals surface area contributed by atoms with E-state index in [0.717, 1.165) is 32.6 Å². The zero-order valence-electron chi connectivity index (χ0n) is 9.19. The Kier molecular flexibility index (Phi) is 4.09. The zero-order chi connectivity index (χ0) is 13.1. The highest BCUT2D eigenvalue weighted by Crippen LogP contribution is 2.27. The lowest BCUT2D eigenvalue weighted by Crippen LogP contribution is -1.88. The van der Waals surface area contributed by atoms with Gasteiger partial charge in [0.05, 0.1) is 0 Å². The van der Waals surface area contributed by atoms with Gasteiger partial charge in [-0.1, -0.05) is 44.0 Å². The molecular formula is C14H8Br2O2. The van der Waals surface area contributed by atoms with E-state index in [0.29, 0.717) is 11.1 Å². The van der Waals surface area contributed by atoms with Crippen molar-refractivity contribution in [1.29, 1.82) is 0 Å². The van der Waals surface area contributed by atoms with Crippen LogP contribution >= 0.6 is 31.9 Å². The first-order valence-electron chi connectivity index (χ1n) is 5.15. The van der Waals surface area contributed by atoms with Crippen molar-refractivity contribution < 1.29 is 9.59 Å². The van der Waals surface area contributed by atoms with Gasteiger partial charge in [0.15, 0.2) is 12.6 Å². The second-order valence-corrected chi connectivity index (χ2v) is 5.42. The van der Waals surface area contributed by atoms with Gasteiger partial charge in [-0.3, -0.25) is 9.59 Å². The van der Waals surface area contributed by atoms with Crippen molar-refractivity contribution in [2.75, 3.05) is 0 Å². The summed E-state index contributed by atoms with van der Waals surface area (Å²) in [5, 5.41) is 0. The zero-order valence-corrected chi connectivity index (χ0v) is 12.4. The molecule has 90 valence electrons. The number of aldehydes is 2. The van der Waals surface area contributed by atoms with Crippen LogP contribution in [0.2, 0.25) is 0 Å². The number of halogens is 2. The maximum Gasteiger partial charge on any atom is 0.151 e. The predicted octanol–water partition coefficient (Wildman–Crippen LogP) is 4.50. The van der Waals surface area contributed by atoms with Gasteiger partial charge in [0, 0.05) is 20.1 Å². The summed E-state index contributed by atoms with van der Waals surface area (Å²) in [5.74, 6) is 0. The molecule has 0 heterocycles. The highest BCUT2D eigenvalue weighted by Gasteiger charge is 2.05. The fraction of sp³-hybridized carbons (Fsp3) is 0. The average Bonchev–Trinajstić information content (AvgIpc) is 2.40. The molecule has 0 atom stereocenters. The highest BCUT2D eigenvalue weighted by atomic mass is 79.9. The lowest BCUT2D eigenvalue weighted by Gasteiger charge is -2.06. The van der Waals surface area contributed by atoms with Crippen LogP contribution in [0, 0.1) is 0 Å². The van der Waals surface area contributed by atoms with Crippen LogP contribution in [-0.2, 0) is 0 Å². The molecule has 0 aliphatic rings. The minimum Gasteiger partial charge on any atom is -0.298 e. The molecule has 0 saturated carbocycles. The molecular weight excluding hydrogens is 360 g/mol. The molecule has 0 saturated heterocycles. The van der Waals surface area contributed by atoms with Crippen molar-refractivity contribution >= 4 is 44.4 Å². The van der Waals surface area contributed by atoms with Crippen LogP contribution in [-0.4, -0.2) is 12.6 Å². The van der Waals surface area contributed by atoms with Crippen molar-refractivity contribution in [2.45, 2.75) is 0 Å². The van der Waals surface area contributed by atoms with Gasteiger partial charge in [0.2, 0.25) is 0 Å². The summed E-state index contributed by atoms with van der Waals surface area (Å²) in [6, 6.07) is 11.0. The quantitative estimate of drug-likeness (QED) is 0.748. The van der Waals surface area contributed by atoms with Gasteiger partial charge >= 0.3 is 0 Å². The minimum absolute atomic E-state index is 0.586. The van der Waals surface area contributed by atoms with E-state index in [1.54, 1.807) is 12.1 Å². The number of rotatable bonds is 3. The molecule has 0 radical (unpaired) electrons. The minimum atomic E-state index is 0.586. The van der Waals surface area contributed by atoms with Crippen molar-refractivity contribution in [2.24, 2.45) is 0 Å². The van der Waals surface area contributed by atoms with E-state index in [2.05, 4.69) is 31.9 Å². The van der Waals surface area contributed by atoms with Gasteiger partial charge in [-0.25, -0.2) is 0 Å². The highest BCUT2D eigenvalue weighted by molar-refractivity contribution is 9.10. The number of carbonyl (C=O) groups is 2. The average molecular weight is 368 g/mol. The van der Waals surface area contributed by atoms with E-state index >= 15 is 0 Å². The monoisotopic (exact) mass is 366 g/mol. The molecule has 0 aliphatic heterocycles. The Morgan fingerprint density at radius 1 is 0.722 bits per heavy atom. The summed E-state index contributed by atoms with van der Waals surface area (Å²) in [5.41, 5.74) is 2.97. The molecule has 0 N–H and O–H groups in total. The summed E-state index contributed by atoms with van der Waals surface area (Å²) in [6.45, 7) is 0. The third kappa shape index (κ3) is 2.60. The van der Waals surface area contributed by atoms with Crippen molar-refractivity contribution in [3.05, 3.63) is 56.5 Å². The third-order valence-corrected chi connectivity index (χ3v) is 4.02. The Balaban J connectivity index is 2.54. The largest absolute Gasteiger partial charge is 0.298 e. The first-order valence-corrected chi connectivity index (χ1v) is 6.74. The standard InChI is InChI=1S/C14H8Br2O2/c15-13-3-1-9(5-11(13)7-17)10-2-4-14(16)12(6-10)8-18/h1-8H. The number of hydrogen-bond acceptors (Lipinski definition) is 2. The Bertz CT molecular complexity index is 566. The van der Waals surface area contributed by atoms with Crippen molar-refractivity contribution in [3.63, 3.8) is 0 Å². The number of hydrogen-bond donors (Lipinski definition) is 0. The normalized spacial score (nSPS) is 10.1. The lowest BCUT2D eigenvalue weighted by atomic mass is 10.0. The van der Waals surface area contributed by atoms with Crippen LogP contribution in [0.25, 0.3) is 11.1 Å². The Labute approximate surface area is 121 Å². The summed E-state index contributed by atoms with van der Waals surface area (Å²) in [4.78, 5) is 21.8. The van der Waals surface area contributed by atoms with E-state index in [1.165, 1.54) is 0 Å². The smallest absolute Gasteiger partial charge is 0.151 e. The lowest BCUT2D eigenvalue weighted by molar-refractivity contribution is 0.111. The van der Waals surface area contributed by atoms with Crippen LogP contribution in [0.4, 0.5) is 0 Å². The van der Waals surface area contributed by atoms with E-state index in [1.807, 2.05) is 24.3 Å². The SMILES string of the molecule is O=Cc1cc(-c2ccc(Br)c(C=O)c2)ccc1Br. The molecule has 0 bridgehead atoms. The molecule has 0 aliphatic carbocycles. The van der Waals surface area contributed by atoms with Crippen LogP contribution in [0.5, 0.6) is 0 Å². The molecule has 2 rings (SSSR count). The first kappa shape index (κ1) is 13.2. The van der Waals surface area contributed by atoms with Crippen LogP contribution in [0.1, 0.15) is 20.7 Å². The van der Waals surface area contributed by atoms with Crippen LogP contribution < -0.4 is 0 Å². The van der Waals surface area contributed by atoms with Gasteiger partial charge in [0.25, 0.3) is 0 Å². The van der Waals surface area contributed by atoms with Gasteiger partial charge in [-0.2, -0.15) is 0 Å². The fourth-order valence-corrected chi connectivity index (χ4v) is 2.31. The maximum absolute atomic E-state index is 10.9. The van der Waals surface area contributed by atoms with Gasteiger partial charge in [0.1, 0.15) is 0 Å². The van der Waals surface area contributed by atoms with Gasteiger partial charge in [-0.05, 0) is 35.4 Å². The number of carbonyl (C=O) groups excluding carboxylic acids is 2. The number of benzene rings is 2. The van der Waals surface area contributed by atoms with Crippen LogP contribution in [0.15, 0.2) is 45.3 Å². The first-order chi connectivity index (χ1) is 8.65. The summed E-state index contributed by atoms with van der Waals surface area (Å²) in [6.07, 6.45) is 1.60. The van der Waals surface area contributed by atoms with Crippen molar-refractivity contribution in [1.82, 2.24) is 0 Å². The Hall–Kier alpha value is -1.26. The second kappa shape index (κ2) is 5.59. The molecule has 0 amide bonds. The molecule has 2 aromatic rings. The summed E-state index contributed by atoms with van der Waals surface area (Å²) < 4.78 is 1.52. The van der Waals surface area contributed by atoms with E-state index < -0.39 is 0 Å². The Morgan fingerprint density at radius 3 is 1.44 bits per heavy atom.